The van der Waals surface area contributed by atoms with Crippen LogP contribution in [0.25, 0.3) is 0 Å². The van der Waals surface area contributed by atoms with Crippen LogP contribution in [0.4, 0.5) is 5.69 Å². The van der Waals surface area contributed by atoms with Gasteiger partial charge in [0, 0.05) is 56.8 Å². The van der Waals surface area contributed by atoms with Crippen molar-refractivity contribution in [3.8, 4) is 5.75 Å². The number of para-hydroxylation sites is 2. The Morgan fingerprint density at radius 3 is 2.38 bits per heavy atom. The quantitative estimate of drug-likeness (QED) is 0.513. The van der Waals surface area contributed by atoms with Gasteiger partial charge in [0.15, 0.2) is 0 Å². The number of piperazine rings is 1. The van der Waals surface area contributed by atoms with Crippen molar-refractivity contribution >= 4 is 17.5 Å². The van der Waals surface area contributed by atoms with Crippen LogP contribution in [0.3, 0.4) is 0 Å². The highest BCUT2D eigenvalue weighted by Gasteiger charge is 2.49. The lowest BCUT2D eigenvalue weighted by Gasteiger charge is -2.57. The number of benzene rings is 2. The molecule has 6 rings (SSSR count). The van der Waals surface area contributed by atoms with E-state index in [4.69, 9.17) is 4.74 Å². The zero-order valence-corrected chi connectivity index (χ0v) is 23.9. The lowest BCUT2D eigenvalue weighted by Crippen LogP contribution is -2.65. The minimum atomic E-state index is 0.172. The fourth-order valence-corrected chi connectivity index (χ4v) is 8.05. The van der Waals surface area contributed by atoms with E-state index in [9.17, 15) is 9.59 Å². The number of rotatable bonds is 7. The second kappa shape index (κ2) is 12.2. The van der Waals surface area contributed by atoms with Gasteiger partial charge in [0.05, 0.1) is 12.8 Å². The van der Waals surface area contributed by atoms with Gasteiger partial charge < -0.3 is 19.4 Å². The molecule has 2 aromatic rings. The molecule has 2 amide bonds. The molecule has 0 N–H and O–H groups in total. The first-order valence-electron chi connectivity index (χ1n) is 15.4. The van der Waals surface area contributed by atoms with Crippen LogP contribution in [0.15, 0.2) is 54.6 Å². The molecule has 40 heavy (non-hydrogen) atoms. The van der Waals surface area contributed by atoms with Crippen molar-refractivity contribution in [3.05, 3.63) is 60.2 Å². The maximum absolute atomic E-state index is 13.8. The summed E-state index contributed by atoms with van der Waals surface area (Å²) in [5.74, 6) is 2.39. The van der Waals surface area contributed by atoms with E-state index in [1.54, 1.807) is 7.11 Å². The van der Waals surface area contributed by atoms with E-state index in [1.807, 2.05) is 53.4 Å². The number of anilines is 1. The van der Waals surface area contributed by atoms with E-state index in [0.29, 0.717) is 24.3 Å². The molecular formula is C33H44N4O3. The molecule has 7 heteroatoms. The molecule has 7 nitrogen and oxygen atoms in total. The highest BCUT2D eigenvalue weighted by Crippen LogP contribution is 2.43. The molecular weight excluding hydrogens is 500 g/mol. The van der Waals surface area contributed by atoms with Crippen LogP contribution in [0.1, 0.15) is 55.3 Å². The van der Waals surface area contributed by atoms with Gasteiger partial charge in [0.25, 0.3) is 5.91 Å². The second-order valence-corrected chi connectivity index (χ2v) is 12.1. The number of hydrogen-bond donors (Lipinski definition) is 0. The summed E-state index contributed by atoms with van der Waals surface area (Å²) in [5.41, 5.74) is 1.89. The number of nitrogens with zero attached hydrogens (tertiary/aromatic N) is 4. The third-order valence-corrected chi connectivity index (χ3v) is 9.90. The first-order chi connectivity index (χ1) is 19.6. The van der Waals surface area contributed by atoms with Crippen molar-refractivity contribution < 1.29 is 14.3 Å². The Labute approximate surface area is 239 Å². The van der Waals surface area contributed by atoms with Crippen LogP contribution in [0.2, 0.25) is 0 Å². The molecule has 4 fully saturated rings. The number of ether oxygens (including phenoxy) is 1. The summed E-state index contributed by atoms with van der Waals surface area (Å²) >= 11 is 0. The van der Waals surface area contributed by atoms with Gasteiger partial charge in [-0.05, 0) is 87.7 Å². The van der Waals surface area contributed by atoms with Gasteiger partial charge in [0.2, 0.25) is 5.91 Å². The van der Waals surface area contributed by atoms with Crippen molar-refractivity contribution in [1.29, 1.82) is 0 Å². The fourth-order valence-electron chi connectivity index (χ4n) is 8.05. The second-order valence-electron chi connectivity index (χ2n) is 12.1. The zero-order valence-electron chi connectivity index (χ0n) is 23.9. The Balaban J connectivity index is 1.09. The minimum absolute atomic E-state index is 0.172. The Morgan fingerprint density at radius 2 is 1.60 bits per heavy atom. The van der Waals surface area contributed by atoms with Crippen molar-refractivity contribution in [2.45, 2.75) is 57.0 Å². The van der Waals surface area contributed by atoms with Gasteiger partial charge in [-0.2, -0.15) is 0 Å². The number of carbonyl (C=O) groups excluding carboxylic acids is 2. The van der Waals surface area contributed by atoms with Crippen molar-refractivity contribution in [2.75, 3.05) is 57.8 Å². The molecule has 4 atom stereocenters. The normalized spacial score (nSPS) is 26.8. The standard InChI is InChI=1S/C33H44N4O3/c1-40-30-16-6-5-14-29(30)34-20-22-35(23-21-34)31(38)17-7-15-28-27-13-9-19-36-18-8-12-26(32(27)36)24-37(28)33(39)25-10-3-2-4-11-25/h2-6,10-11,14,16,26-28,32H,7-9,12-13,15,17-24H2,1H3/t26-,27+,28+,32-/m0/s1. The SMILES string of the molecule is COc1ccccc1N1CCN(C(=O)CCC[C@@H]2[C@H]3CCCN4CCC[C@@H](CN2C(=O)c2ccccc2)[C@@H]34)CC1. The summed E-state index contributed by atoms with van der Waals surface area (Å²) < 4.78 is 5.55. The Hall–Kier alpha value is -3.06. The number of amides is 2. The first kappa shape index (κ1) is 27.1. The Kier molecular flexibility index (Phi) is 8.28. The van der Waals surface area contributed by atoms with Crippen molar-refractivity contribution in [3.63, 3.8) is 0 Å². The van der Waals surface area contributed by atoms with Crippen LogP contribution >= 0.6 is 0 Å². The topological polar surface area (TPSA) is 56.3 Å². The van der Waals surface area contributed by atoms with E-state index in [1.165, 1.54) is 38.8 Å². The summed E-state index contributed by atoms with van der Waals surface area (Å²) in [6, 6.07) is 18.7. The maximum Gasteiger partial charge on any atom is 0.254 e. The molecule has 0 aromatic heterocycles. The van der Waals surface area contributed by atoms with Gasteiger partial charge in [-0.3, -0.25) is 14.5 Å². The number of hydrogen-bond acceptors (Lipinski definition) is 5. The molecule has 0 bridgehead atoms. The molecule has 0 aliphatic carbocycles. The number of likely N-dealkylation sites (tertiary alicyclic amines) is 1. The number of carbonyl (C=O) groups is 2. The summed E-state index contributed by atoms with van der Waals surface area (Å²) in [6.07, 6.45) is 7.18. The lowest BCUT2D eigenvalue weighted by molar-refractivity contribution is -0.131. The van der Waals surface area contributed by atoms with E-state index < -0.39 is 0 Å². The van der Waals surface area contributed by atoms with Crippen LogP contribution < -0.4 is 9.64 Å². The van der Waals surface area contributed by atoms with Gasteiger partial charge in [-0.15, -0.1) is 0 Å². The predicted molar refractivity (Wildman–Crippen MR) is 158 cm³/mol. The summed E-state index contributed by atoms with van der Waals surface area (Å²) in [7, 11) is 1.71. The molecule has 2 aromatic carbocycles. The smallest absolute Gasteiger partial charge is 0.254 e. The molecule has 4 aliphatic heterocycles. The largest absolute Gasteiger partial charge is 0.495 e. The molecule has 0 saturated carbocycles. The van der Waals surface area contributed by atoms with Crippen LogP contribution in [0.5, 0.6) is 5.75 Å². The number of piperidine rings is 3. The number of methoxy groups -OCH3 is 1. The zero-order chi connectivity index (χ0) is 27.5. The molecule has 0 spiro atoms. The highest BCUT2D eigenvalue weighted by atomic mass is 16.5. The maximum atomic E-state index is 13.8. The monoisotopic (exact) mass is 544 g/mol. The molecule has 4 aliphatic rings. The van der Waals surface area contributed by atoms with E-state index >= 15 is 0 Å². The highest BCUT2D eigenvalue weighted by molar-refractivity contribution is 5.94. The summed E-state index contributed by atoms with van der Waals surface area (Å²) in [6.45, 7) is 6.37. The summed E-state index contributed by atoms with van der Waals surface area (Å²) in [4.78, 5) is 36.4. The summed E-state index contributed by atoms with van der Waals surface area (Å²) in [5, 5.41) is 0. The molecule has 4 heterocycles. The average molecular weight is 545 g/mol. The lowest BCUT2D eigenvalue weighted by atomic mass is 9.69. The van der Waals surface area contributed by atoms with Crippen molar-refractivity contribution in [1.82, 2.24) is 14.7 Å². The average Bonchev–Trinajstić information content (AvgIpc) is 3.02. The van der Waals surface area contributed by atoms with Crippen LogP contribution in [0, 0.1) is 11.8 Å². The minimum Gasteiger partial charge on any atom is -0.495 e. The van der Waals surface area contributed by atoms with Crippen LogP contribution in [-0.4, -0.2) is 91.5 Å². The van der Waals surface area contributed by atoms with E-state index in [-0.39, 0.29) is 17.9 Å². The molecule has 0 unspecified atom stereocenters. The molecule has 0 radical (unpaired) electrons. The van der Waals surface area contributed by atoms with E-state index in [2.05, 4.69) is 20.8 Å². The van der Waals surface area contributed by atoms with Gasteiger partial charge >= 0.3 is 0 Å². The Bertz CT molecular complexity index is 1160. The fraction of sp³-hybridized carbons (Fsp3) is 0.576. The van der Waals surface area contributed by atoms with Gasteiger partial charge in [-0.25, -0.2) is 0 Å². The van der Waals surface area contributed by atoms with Crippen LogP contribution in [-0.2, 0) is 4.79 Å². The molecule has 4 saturated heterocycles. The van der Waals surface area contributed by atoms with Crippen molar-refractivity contribution in [2.24, 2.45) is 11.8 Å². The molecule has 214 valence electrons. The first-order valence-corrected chi connectivity index (χ1v) is 15.4. The third kappa shape index (κ3) is 5.45. The third-order valence-electron chi connectivity index (χ3n) is 9.90. The Morgan fingerprint density at radius 1 is 0.875 bits per heavy atom. The van der Waals surface area contributed by atoms with Gasteiger partial charge in [0.1, 0.15) is 5.75 Å². The van der Waals surface area contributed by atoms with Gasteiger partial charge in [-0.1, -0.05) is 30.3 Å². The van der Waals surface area contributed by atoms with E-state index in [0.717, 1.165) is 62.6 Å². The predicted octanol–water partition coefficient (Wildman–Crippen LogP) is 4.53.